The maximum absolute atomic E-state index is 3.90. The van der Waals surface area contributed by atoms with Crippen molar-refractivity contribution in [3.63, 3.8) is 0 Å². The van der Waals surface area contributed by atoms with Crippen molar-refractivity contribution in [1.29, 1.82) is 0 Å². The van der Waals surface area contributed by atoms with Crippen LogP contribution < -0.4 is 5.32 Å². The topological polar surface area (TPSA) is 12.0 Å². The SMILES string of the molecule is C[C@]12CCCCC1CC[C@H]1[C@@H]3CC=C[C@@]3(CNC3CC3)CC[C@@H]12. The van der Waals surface area contributed by atoms with Gasteiger partial charge in [-0.2, -0.15) is 0 Å². The first-order chi connectivity index (χ1) is 11.2. The molecule has 1 heteroatoms. The standard InChI is InChI=1S/C22H35N/c1-21-12-3-2-5-16(21)7-10-18-19(21)11-14-22(13-4-6-20(18)22)15-23-17-8-9-17/h4,13,16-20,23H,2-3,5-12,14-15H2,1H3/t16?,18-,19+,20+,21+,22+/m1/s1. The minimum absolute atomic E-state index is 0.529. The van der Waals surface area contributed by atoms with Gasteiger partial charge in [-0.05, 0) is 86.9 Å². The summed E-state index contributed by atoms with van der Waals surface area (Å²) >= 11 is 0. The maximum Gasteiger partial charge on any atom is 0.00685 e. The zero-order valence-corrected chi connectivity index (χ0v) is 15.0. The van der Waals surface area contributed by atoms with Gasteiger partial charge < -0.3 is 5.32 Å². The van der Waals surface area contributed by atoms with E-state index in [1.54, 1.807) is 12.8 Å². The fraction of sp³-hybridized carbons (Fsp3) is 0.909. The number of hydrogen-bond acceptors (Lipinski definition) is 1. The molecular weight excluding hydrogens is 278 g/mol. The van der Waals surface area contributed by atoms with Crippen LogP contribution in [-0.4, -0.2) is 12.6 Å². The third kappa shape index (κ3) is 2.29. The molecule has 5 aliphatic carbocycles. The average Bonchev–Trinajstić information content (AvgIpc) is 3.30. The molecule has 1 nitrogen and oxygen atoms in total. The van der Waals surface area contributed by atoms with Crippen molar-refractivity contribution in [3.05, 3.63) is 12.2 Å². The molecule has 0 saturated heterocycles. The van der Waals surface area contributed by atoms with Crippen molar-refractivity contribution < 1.29 is 0 Å². The predicted octanol–water partition coefficient (Wildman–Crippen LogP) is 5.32. The molecule has 23 heavy (non-hydrogen) atoms. The molecule has 6 atom stereocenters. The van der Waals surface area contributed by atoms with Crippen molar-refractivity contribution >= 4 is 0 Å². The van der Waals surface area contributed by atoms with E-state index in [0.717, 1.165) is 29.7 Å². The molecule has 4 saturated carbocycles. The molecule has 128 valence electrons. The Hall–Kier alpha value is -0.300. The number of nitrogens with one attached hydrogen (secondary N) is 1. The Kier molecular flexibility index (Phi) is 3.49. The lowest BCUT2D eigenvalue weighted by Crippen LogP contribution is -2.54. The highest BCUT2D eigenvalue weighted by molar-refractivity contribution is 5.18. The summed E-state index contributed by atoms with van der Waals surface area (Å²) in [5.41, 5.74) is 1.22. The first-order valence-corrected chi connectivity index (χ1v) is 10.6. The Labute approximate surface area is 142 Å². The van der Waals surface area contributed by atoms with Gasteiger partial charge >= 0.3 is 0 Å². The van der Waals surface area contributed by atoms with Gasteiger partial charge in [-0.3, -0.25) is 0 Å². The Morgan fingerprint density at radius 3 is 2.74 bits per heavy atom. The van der Waals surface area contributed by atoms with Gasteiger partial charge in [0.25, 0.3) is 0 Å². The molecule has 0 amide bonds. The van der Waals surface area contributed by atoms with Crippen molar-refractivity contribution in [2.24, 2.45) is 34.5 Å². The second kappa shape index (κ2) is 5.35. The normalized spacial score (nSPS) is 51.9. The van der Waals surface area contributed by atoms with Crippen molar-refractivity contribution in [2.45, 2.75) is 83.6 Å². The van der Waals surface area contributed by atoms with Crippen LogP contribution >= 0.6 is 0 Å². The van der Waals surface area contributed by atoms with Crippen LogP contribution in [0.15, 0.2) is 12.2 Å². The number of hydrogen-bond donors (Lipinski definition) is 1. The molecule has 4 fully saturated rings. The third-order valence-electron chi connectivity index (χ3n) is 8.98. The van der Waals surface area contributed by atoms with Gasteiger partial charge in [0.2, 0.25) is 0 Å². The Balaban J connectivity index is 1.39. The van der Waals surface area contributed by atoms with Gasteiger partial charge in [0.15, 0.2) is 0 Å². The van der Waals surface area contributed by atoms with E-state index < -0.39 is 0 Å². The zero-order chi connectivity index (χ0) is 15.5. The van der Waals surface area contributed by atoms with E-state index in [1.165, 1.54) is 64.3 Å². The van der Waals surface area contributed by atoms with Crippen molar-refractivity contribution in [2.75, 3.05) is 6.54 Å². The maximum atomic E-state index is 3.90. The molecule has 0 aromatic carbocycles. The summed E-state index contributed by atoms with van der Waals surface area (Å²) in [7, 11) is 0. The predicted molar refractivity (Wildman–Crippen MR) is 96.2 cm³/mol. The molecule has 0 heterocycles. The van der Waals surface area contributed by atoms with Gasteiger partial charge in [-0.1, -0.05) is 31.9 Å². The lowest BCUT2D eigenvalue weighted by Gasteiger charge is -2.60. The molecule has 5 rings (SSSR count). The first kappa shape index (κ1) is 15.0. The monoisotopic (exact) mass is 313 g/mol. The molecule has 0 spiro atoms. The van der Waals surface area contributed by atoms with E-state index in [4.69, 9.17) is 0 Å². The average molecular weight is 314 g/mol. The molecule has 1 N–H and O–H groups in total. The largest absolute Gasteiger partial charge is 0.313 e. The van der Waals surface area contributed by atoms with Crippen molar-refractivity contribution in [1.82, 2.24) is 5.32 Å². The number of rotatable bonds is 3. The minimum atomic E-state index is 0.529. The third-order valence-corrected chi connectivity index (χ3v) is 8.98. The Morgan fingerprint density at radius 2 is 1.87 bits per heavy atom. The van der Waals surface area contributed by atoms with Crippen LogP contribution in [0.25, 0.3) is 0 Å². The highest BCUT2D eigenvalue weighted by Crippen LogP contribution is 2.64. The first-order valence-electron chi connectivity index (χ1n) is 10.6. The highest BCUT2D eigenvalue weighted by Gasteiger charge is 2.57. The van der Waals surface area contributed by atoms with Crippen molar-refractivity contribution in [3.8, 4) is 0 Å². The summed E-state index contributed by atoms with van der Waals surface area (Å²) in [5, 5.41) is 3.90. The van der Waals surface area contributed by atoms with Crippen LogP contribution in [0.1, 0.15) is 77.6 Å². The Morgan fingerprint density at radius 1 is 0.957 bits per heavy atom. The second-order valence-electron chi connectivity index (χ2n) is 9.97. The summed E-state index contributed by atoms with van der Waals surface area (Å²) in [5.74, 6) is 4.09. The Bertz CT molecular complexity index is 492. The molecule has 0 bridgehead atoms. The summed E-state index contributed by atoms with van der Waals surface area (Å²) in [6.07, 6.45) is 21.6. The molecule has 0 radical (unpaired) electrons. The van der Waals surface area contributed by atoms with Gasteiger partial charge in [-0.15, -0.1) is 0 Å². The smallest absolute Gasteiger partial charge is 0.00685 e. The molecule has 0 aromatic heterocycles. The van der Waals surface area contributed by atoms with Crippen LogP contribution in [-0.2, 0) is 0 Å². The van der Waals surface area contributed by atoms with Gasteiger partial charge in [-0.25, -0.2) is 0 Å². The summed E-state index contributed by atoms with van der Waals surface area (Å²) < 4.78 is 0. The van der Waals surface area contributed by atoms with Crippen LogP contribution in [0.5, 0.6) is 0 Å². The van der Waals surface area contributed by atoms with E-state index in [0.29, 0.717) is 10.8 Å². The van der Waals surface area contributed by atoms with E-state index >= 15 is 0 Å². The summed E-state index contributed by atoms with van der Waals surface area (Å²) in [6.45, 7) is 3.98. The van der Waals surface area contributed by atoms with E-state index in [1.807, 2.05) is 0 Å². The van der Waals surface area contributed by atoms with Crippen LogP contribution in [0.3, 0.4) is 0 Å². The second-order valence-corrected chi connectivity index (χ2v) is 9.97. The quantitative estimate of drug-likeness (QED) is 0.696. The molecule has 0 aromatic rings. The van der Waals surface area contributed by atoms with Crippen LogP contribution in [0.2, 0.25) is 0 Å². The number of fused-ring (bicyclic) bond motifs is 5. The van der Waals surface area contributed by atoms with Gasteiger partial charge in [0.1, 0.15) is 0 Å². The van der Waals surface area contributed by atoms with Gasteiger partial charge in [0, 0.05) is 18.0 Å². The highest BCUT2D eigenvalue weighted by atomic mass is 15.0. The lowest BCUT2D eigenvalue weighted by molar-refractivity contribution is -0.0999. The summed E-state index contributed by atoms with van der Waals surface area (Å²) in [4.78, 5) is 0. The molecule has 1 unspecified atom stereocenters. The molecule has 0 aliphatic heterocycles. The minimum Gasteiger partial charge on any atom is -0.313 e. The zero-order valence-electron chi connectivity index (χ0n) is 15.0. The molecular formula is C22H35N. The van der Waals surface area contributed by atoms with E-state index in [9.17, 15) is 0 Å². The molecule has 5 aliphatic rings. The van der Waals surface area contributed by atoms with Gasteiger partial charge in [0.05, 0.1) is 0 Å². The van der Waals surface area contributed by atoms with Crippen LogP contribution in [0.4, 0.5) is 0 Å². The fourth-order valence-corrected chi connectivity index (χ4v) is 7.50. The van der Waals surface area contributed by atoms with E-state index in [2.05, 4.69) is 24.4 Å². The number of allylic oxidation sites excluding steroid dienone is 1. The lowest BCUT2D eigenvalue weighted by atomic mass is 9.45. The van der Waals surface area contributed by atoms with Crippen LogP contribution in [0, 0.1) is 34.5 Å². The van der Waals surface area contributed by atoms with E-state index in [-0.39, 0.29) is 0 Å². The summed E-state index contributed by atoms with van der Waals surface area (Å²) in [6, 6.07) is 0.864. The fourth-order valence-electron chi connectivity index (χ4n) is 7.50.